The minimum atomic E-state index is -0.531. The van der Waals surface area contributed by atoms with Crippen molar-refractivity contribution in [2.75, 3.05) is 19.8 Å². The number of rotatable bonds is 4. The highest BCUT2D eigenvalue weighted by Gasteiger charge is 2.30. The van der Waals surface area contributed by atoms with E-state index in [0.29, 0.717) is 50.9 Å². The molecule has 54 heavy (non-hydrogen) atoms. The van der Waals surface area contributed by atoms with Crippen LogP contribution in [0.15, 0.2) is 0 Å². The van der Waals surface area contributed by atoms with Gasteiger partial charge in [0.2, 0.25) is 0 Å². The molecule has 5 aliphatic rings. The van der Waals surface area contributed by atoms with Gasteiger partial charge in [-0.3, -0.25) is 14.4 Å². The highest BCUT2D eigenvalue weighted by molar-refractivity contribution is 5.72. The van der Waals surface area contributed by atoms with E-state index >= 15 is 0 Å². The van der Waals surface area contributed by atoms with Gasteiger partial charge in [-0.15, -0.1) is 0 Å². The van der Waals surface area contributed by atoms with Crippen LogP contribution in [0.5, 0.6) is 0 Å². The van der Waals surface area contributed by atoms with Crippen LogP contribution in [-0.2, 0) is 38.1 Å². The van der Waals surface area contributed by atoms with Crippen molar-refractivity contribution in [3.05, 3.63) is 0 Å². The number of ether oxygens (including phenoxy) is 5. The van der Waals surface area contributed by atoms with Crippen molar-refractivity contribution in [1.82, 2.24) is 0 Å². The molecule has 3 atom stereocenters. The molecule has 1 saturated carbocycles. The normalized spacial score (nSPS) is 23.1. The summed E-state index contributed by atoms with van der Waals surface area (Å²) >= 11 is 0. The van der Waals surface area contributed by atoms with Crippen LogP contribution in [-0.4, -0.2) is 66.8 Å². The minimum Gasteiger partial charge on any atom is -0.466 e. The lowest BCUT2D eigenvalue weighted by molar-refractivity contribution is -0.149. The molecule has 0 bridgehead atoms. The van der Waals surface area contributed by atoms with E-state index in [4.69, 9.17) is 19.3 Å². The number of hydrogen-bond acceptors (Lipinski definition) is 10. The van der Waals surface area contributed by atoms with Gasteiger partial charge in [0.25, 0.3) is 0 Å². The molecule has 4 heterocycles. The average Bonchev–Trinajstić information content (AvgIpc) is 3.87. The molecule has 10 heteroatoms. The minimum absolute atomic E-state index is 0. The lowest BCUT2D eigenvalue weighted by Gasteiger charge is -2.26. The number of cyclic esters (lactones) is 5. The molecular formula is C44H96O10. The van der Waals surface area contributed by atoms with Gasteiger partial charge in [-0.05, 0) is 76.5 Å². The van der Waals surface area contributed by atoms with E-state index in [0.717, 1.165) is 38.0 Å². The summed E-state index contributed by atoms with van der Waals surface area (Å²) in [6.07, 6.45) is 12.7. The zero-order valence-electron chi connectivity index (χ0n) is 34.8. The van der Waals surface area contributed by atoms with Crippen molar-refractivity contribution in [2.45, 2.75) is 228 Å². The number of hydrogen-bond donors (Lipinski definition) is 1. The van der Waals surface area contributed by atoms with Crippen molar-refractivity contribution in [1.29, 1.82) is 0 Å². The quantitative estimate of drug-likeness (QED) is 0.217. The molecule has 0 radical (unpaired) electrons. The zero-order valence-corrected chi connectivity index (χ0v) is 34.8. The van der Waals surface area contributed by atoms with Crippen molar-refractivity contribution in [3.8, 4) is 0 Å². The van der Waals surface area contributed by atoms with Crippen LogP contribution >= 0.6 is 0 Å². The van der Waals surface area contributed by atoms with Crippen molar-refractivity contribution < 1.29 is 48.0 Å². The molecule has 0 aromatic heterocycles. The molecular weight excluding hydrogens is 688 g/mol. The summed E-state index contributed by atoms with van der Waals surface area (Å²) < 4.78 is 23.6. The predicted octanol–water partition coefficient (Wildman–Crippen LogP) is 12.9. The zero-order chi connectivity index (χ0) is 39.5. The summed E-state index contributed by atoms with van der Waals surface area (Å²) in [7, 11) is 0. The first kappa shape index (κ1) is 69.5. The fourth-order valence-corrected chi connectivity index (χ4v) is 4.89. The fourth-order valence-electron chi connectivity index (χ4n) is 4.89. The maximum Gasteiger partial charge on any atom is 0.508 e. The van der Waals surface area contributed by atoms with Crippen LogP contribution in [0.1, 0.15) is 210 Å². The summed E-state index contributed by atoms with van der Waals surface area (Å²) in [6, 6.07) is 0. The van der Waals surface area contributed by atoms with Gasteiger partial charge in [0.15, 0.2) is 0 Å². The molecule has 4 aliphatic heterocycles. The first-order chi connectivity index (χ1) is 23.9. The monoisotopic (exact) mass is 785 g/mol. The van der Waals surface area contributed by atoms with Gasteiger partial charge in [-0.1, -0.05) is 132 Å². The van der Waals surface area contributed by atoms with Gasteiger partial charge in [-0.2, -0.15) is 0 Å². The van der Waals surface area contributed by atoms with Crippen LogP contribution in [0.4, 0.5) is 4.79 Å². The second kappa shape index (κ2) is 46.8. The molecule has 4 saturated heterocycles. The fraction of sp³-hybridized carbons (Fsp3) is 0.909. The molecule has 0 aromatic rings. The molecule has 10 nitrogen and oxygen atoms in total. The number of esters is 3. The smallest absolute Gasteiger partial charge is 0.466 e. The van der Waals surface area contributed by atoms with Crippen LogP contribution in [0, 0.1) is 17.8 Å². The SMILES string of the molecule is C.C.C.C.CC.CC.CC.CC.CC1(C)CCC(=O)O1.CC1CCOC(=O)C1.CCC1CCC(=O)O1.CCC1CCC(CO)CC1.CCC1COC(=O)O1. The van der Waals surface area contributed by atoms with Crippen molar-refractivity contribution in [2.24, 2.45) is 17.8 Å². The Kier molecular flexibility index (Phi) is 60.3. The first-order valence-corrected chi connectivity index (χ1v) is 19.9. The van der Waals surface area contributed by atoms with Crippen molar-refractivity contribution >= 4 is 24.1 Å². The number of aliphatic hydroxyl groups excluding tert-OH is 1. The van der Waals surface area contributed by atoms with Gasteiger partial charge in [0.05, 0.1) is 6.61 Å². The molecule has 0 amide bonds. The second-order valence-electron chi connectivity index (χ2n) is 12.3. The van der Waals surface area contributed by atoms with Gasteiger partial charge >= 0.3 is 24.1 Å². The molecule has 0 spiro atoms. The van der Waals surface area contributed by atoms with Gasteiger partial charge in [-0.25, -0.2) is 4.79 Å². The molecule has 1 N–H and O–H groups in total. The van der Waals surface area contributed by atoms with Crippen LogP contribution in [0.3, 0.4) is 0 Å². The lowest BCUT2D eigenvalue weighted by Crippen LogP contribution is -2.18. The Morgan fingerprint density at radius 1 is 0.611 bits per heavy atom. The summed E-state index contributed by atoms with van der Waals surface area (Å²) in [4.78, 5) is 41.4. The summed E-state index contributed by atoms with van der Waals surface area (Å²) in [5, 5.41) is 8.85. The molecule has 3 unspecified atom stereocenters. The standard InChI is InChI=1S/C9H18O.3C6H10O2.C5H8O3.4C2H6.4CH4/c1-2-8-3-5-9(7-10)6-4-8;1-6(2)4-3-5(7)8-6;1-5-2-3-8-6(7)4-5;1-2-5-3-4-6(7)8-5;1-2-4-3-7-5(6)8-4;4*1-2;;;;/h8-10H,2-7H2,1H3;3-4H2,1-2H3;2*5H,2-4H2,1H3;4H,2-3H2,1H3;4*1-2H3;4*1H4. The molecule has 5 rings (SSSR count). The molecule has 1 aliphatic carbocycles. The molecule has 5 fully saturated rings. The topological polar surface area (TPSA) is 135 Å². The summed E-state index contributed by atoms with van der Waals surface area (Å²) in [6.45, 7) is 29.6. The summed E-state index contributed by atoms with van der Waals surface area (Å²) in [5.41, 5.74) is -0.183. The van der Waals surface area contributed by atoms with Crippen LogP contribution in [0.25, 0.3) is 0 Å². The largest absolute Gasteiger partial charge is 0.508 e. The third-order valence-corrected chi connectivity index (χ3v) is 8.04. The molecule has 332 valence electrons. The van der Waals surface area contributed by atoms with E-state index in [2.05, 4.69) is 23.3 Å². The Morgan fingerprint density at radius 2 is 1.11 bits per heavy atom. The van der Waals surface area contributed by atoms with E-state index in [-0.39, 0.29) is 65.4 Å². The highest BCUT2D eigenvalue weighted by atomic mass is 16.8. The highest BCUT2D eigenvalue weighted by Crippen LogP contribution is 2.30. The second-order valence-corrected chi connectivity index (χ2v) is 12.3. The van der Waals surface area contributed by atoms with Crippen LogP contribution < -0.4 is 0 Å². The number of carbonyl (C=O) groups is 4. The van der Waals surface area contributed by atoms with Crippen molar-refractivity contribution in [3.63, 3.8) is 0 Å². The van der Waals surface area contributed by atoms with E-state index in [1.165, 1.54) is 32.1 Å². The van der Waals surface area contributed by atoms with E-state index in [1.54, 1.807) is 0 Å². The summed E-state index contributed by atoms with van der Waals surface area (Å²) in [5.74, 6) is 2.00. The Labute approximate surface area is 336 Å². The number of aliphatic hydroxyl groups is 1. The Balaban J connectivity index is -0.0000000767. The third kappa shape index (κ3) is 39.3. The van der Waals surface area contributed by atoms with E-state index in [9.17, 15) is 19.2 Å². The Morgan fingerprint density at radius 3 is 1.33 bits per heavy atom. The number of carbonyl (C=O) groups excluding carboxylic acids is 4. The maximum atomic E-state index is 10.5. The average molecular weight is 785 g/mol. The first-order valence-electron chi connectivity index (χ1n) is 19.9. The third-order valence-electron chi connectivity index (χ3n) is 8.04. The van der Waals surface area contributed by atoms with E-state index < -0.39 is 6.16 Å². The van der Waals surface area contributed by atoms with Gasteiger partial charge < -0.3 is 28.8 Å². The van der Waals surface area contributed by atoms with Gasteiger partial charge in [0, 0.05) is 25.9 Å². The van der Waals surface area contributed by atoms with Crippen LogP contribution in [0.2, 0.25) is 0 Å². The Hall–Kier alpha value is -2.36. The molecule has 0 aromatic carbocycles. The Bertz CT molecular complexity index is 767. The lowest BCUT2D eigenvalue weighted by atomic mass is 9.81. The van der Waals surface area contributed by atoms with E-state index in [1.807, 2.05) is 83.1 Å². The maximum absolute atomic E-state index is 10.5. The van der Waals surface area contributed by atoms with Gasteiger partial charge in [0.1, 0.15) is 24.4 Å². The predicted molar refractivity (Wildman–Crippen MR) is 230 cm³/mol.